The fourth-order valence-corrected chi connectivity index (χ4v) is 1.82. The normalized spacial score (nSPS) is 20.0. The molecule has 92 valence electrons. The second-order valence-electron chi connectivity index (χ2n) is 4.87. The number of nitrogens with one attached hydrogen (secondary N) is 1. The van der Waals surface area contributed by atoms with Crippen LogP contribution >= 0.6 is 0 Å². The number of rotatable bonds is 5. The Bertz CT molecular complexity index is 408. The Labute approximate surface area is 99.4 Å². The van der Waals surface area contributed by atoms with Gasteiger partial charge in [-0.05, 0) is 32.1 Å². The van der Waals surface area contributed by atoms with Gasteiger partial charge in [0.25, 0.3) is 5.91 Å². The molecule has 0 spiro atoms. The number of hydrogen-bond donors (Lipinski definition) is 1. The van der Waals surface area contributed by atoms with Crippen LogP contribution in [0.25, 0.3) is 0 Å². The standard InChI is InChI=1S/C12H16N2O3/c15-12(14-16-9-2-1-3-9)7-10-6-11(13-17-10)8-4-5-8/h6,8-9H,1-5,7H2,(H,14,15). The maximum Gasteiger partial charge on any atom is 0.251 e. The highest BCUT2D eigenvalue weighted by Gasteiger charge is 2.27. The molecule has 0 saturated heterocycles. The van der Waals surface area contributed by atoms with Crippen LogP contribution in [-0.2, 0) is 16.1 Å². The molecule has 0 bridgehead atoms. The van der Waals surface area contributed by atoms with E-state index in [4.69, 9.17) is 9.36 Å². The summed E-state index contributed by atoms with van der Waals surface area (Å²) >= 11 is 0. The highest BCUT2D eigenvalue weighted by Crippen LogP contribution is 2.39. The summed E-state index contributed by atoms with van der Waals surface area (Å²) in [5.41, 5.74) is 3.44. The maximum absolute atomic E-state index is 11.5. The predicted molar refractivity (Wildman–Crippen MR) is 59.0 cm³/mol. The Morgan fingerprint density at radius 1 is 1.47 bits per heavy atom. The lowest BCUT2D eigenvalue weighted by molar-refractivity contribution is -0.142. The quantitative estimate of drug-likeness (QED) is 0.790. The number of hydrogen-bond acceptors (Lipinski definition) is 4. The number of nitrogens with zero attached hydrogens (tertiary/aromatic N) is 1. The molecule has 1 amide bonds. The zero-order valence-electron chi connectivity index (χ0n) is 9.65. The van der Waals surface area contributed by atoms with Gasteiger partial charge < -0.3 is 4.52 Å². The monoisotopic (exact) mass is 236 g/mol. The topological polar surface area (TPSA) is 64.4 Å². The number of hydroxylamine groups is 1. The average Bonchev–Trinajstić information content (AvgIpc) is 2.98. The lowest BCUT2D eigenvalue weighted by atomic mass is 9.97. The van der Waals surface area contributed by atoms with Gasteiger partial charge in [-0.25, -0.2) is 5.48 Å². The summed E-state index contributed by atoms with van der Waals surface area (Å²) in [5, 5.41) is 3.96. The molecule has 1 aromatic heterocycles. The minimum absolute atomic E-state index is 0.171. The third-order valence-corrected chi connectivity index (χ3v) is 3.30. The van der Waals surface area contributed by atoms with E-state index in [9.17, 15) is 4.79 Å². The van der Waals surface area contributed by atoms with Crippen LogP contribution in [0.2, 0.25) is 0 Å². The van der Waals surface area contributed by atoms with Crippen molar-refractivity contribution in [1.82, 2.24) is 10.6 Å². The second-order valence-corrected chi connectivity index (χ2v) is 4.87. The summed E-state index contributed by atoms with van der Waals surface area (Å²) in [6.45, 7) is 0. The summed E-state index contributed by atoms with van der Waals surface area (Å²) in [6, 6.07) is 1.88. The van der Waals surface area contributed by atoms with Gasteiger partial charge in [0.1, 0.15) is 5.76 Å². The van der Waals surface area contributed by atoms with E-state index < -0.39 is 0 Å². The molecule has 0 unspecified atom stereocenters. The summed E-state index contributed by atoms with van der Waals surface area (Å²) in [5.74, 6) is 0.999. The zero-order chi connectivity index (χ0) is 11.7. The van der Waals surface area contributed by atoms with Crippen molar-refractivity contribution in [3.05, 3.63) is 17.5 Å². The molecule has 2 fully saturated rings. The fraction of sp³-hybridized carbons (Fsp3) is 0.667. The zero-order valence-corrected chi connectivity index (χ0v) is 9.65. The Morgan fingerprint density at radius 2 is 2.29 bits per heavy atom. The highest BCUT2D eigenvalue weighted by atomic mass is 16.7. The van der Waals surface area contributed by atoms with Crippen LogP contribution in [0.1, 0.15) is 49.5 Å². The molecule has 1 N–H and O–H groups in total. The van der Waals surface area contributed by atoms with E-state index >= 15 is 0 Å². The number of carbonyl (C=O) groups excluding carboxylic acids is 1. The molecule has 5 heteroatoms. The Kier molecular flexibility index (Phi) is 2.84. The summed E-state index contributed by atoms with van der Waals surface area (Å²) in [7, 11) is 0. The van der Waals surface area contributed by atoms with E-state index in [0.29, 0.717) is 11.7 Å². The second kappa shape index (κ2) is 4.49. The Hall–Kier alpha value is -1.36. The van der Waals surface area contributed by atoms with Gasteiger partial charge in [0, 0.05) is 12.0 Å². The van der Waals surface area contributed by atoms with Crippen molar-refractivity contribution in [3.8, 4) is 0 Å². The van der Waals surface area contributed by atoms with Gasteiger partial charge >= 0.3 is 0 Å². The predicted octanol–water partition coefficient (Wildman–Crippen LogP) is 1.69. The van der Waals surface area contributed by atoms with Gasteiger partial charge in [-0.3, -0.25) is 9.63 Å². The molecular weight excluding hydrogens is 220 g/mol. The molecule has 1 heterocycles. The van der Waals surface area contributed by atoms with Gasteiger partial charge in [-0.15, -0.1) is 0 Å². The molecular formula is C12H16N2O3. The molecule has 0 aliphatic heterocycles. The Balaban J connectivity index is 1.45. The van der Waals surface area contributed by atoms with Gasteiger partial charge in [0.15, 0.2) is 0 Å². The van der Waals surface area contributed by atoms with Crippen molar-refractivity contribution in [3.63, 3.8) is 0 Å². The van der Waals surface area contributed by atoms with Crippen molar-refractivity contribution in [2.45, 2.75) is 50.5 Å². The molecule has 1 aromatic rings. The smallest absolute Gasteiger partial charge is 0.251 e. The molecule has 17 heavy (non-hydrogen) atoms. The first kappa shape index (κ1) is 10.8. The van der Waals surface area contributed by atoms with E-state index in [1.54, 1.807) is 0 Å². The molecule has 3 rings (SSSR count). The minimum atomic E-state index is -0.171. The number of amides is 1. The van der Waals surface area contributed by atoms with Gasteiger partial charge in [0.2, 0.25) is 0 Å². The van der Waals surface area contributed by atoms with E-state index in [2.05, 4.69) is 10.6 Å². The van der Waals surface area contributed by atoms with Crippen LogP contribution in [-0.4, -0.2) is 17.2 Å². The lowest BCUT2D eigenvalue weighted by Gasteiger charge is -2.24. The van der Waals surface area contributed by atoms with Crippen molar-refractivity contribution < 1.29 is 14.2 Å². The van der Waals surface area contributed by atoms with Crippen molar-refractivity contribution in [2.24, 2.45) is 0 Å². The van der Waals surface area contributed by atoms with Gasteiger partial charge in [-0.2, -0.15) is 0 Å². The molecule has 2 saturated carbocycles. The van der Waals surface area contributed by atoms with Crippen LogP contribution in [0.5, 0.6) is 0 Å². The van der Waals surface area contributed by atoms with Crippen LogP contribution in [0.3, 0.4) is 0 Å². The molecule has 0 radical (unpaired) electrons. The molecule has 5 nitrogen and oxygen atoms in total. The largest absolute Gasteiger partial charge is 0.361 e. The van der Waals surface area contributed by atoms with Crippen LogP contribution < -0.4 is 5.48 Å². The lowest BCUT2D eigenvalue weighted by Crippen LogP contribution is -2.34. The summed E-state index contributed by atoms with van der Waals surface area (Å²) in [4.78, 5) is 16.7. The average molecular weight is 236 g/mol. The first-order valence-electron chi connectivity index (χ1n) is 6.21. The van der Waals surface area contributed by atoms with E-state index in [1.165, 1.54) is 19.3 Å². The van der Waals surface area contributed by atoms with Crippen molar-refractivity contribution in [2.75, 3.05) is 0 Å². The number of carbonyl (C=O) groups is 1. The van der Waals surface area contributed by atoms with Crippen molar-refractivity contribution in [1.29, 1.82) is 0 Å². The SMILES string of the molecule is O=C(Cc1cc(C2CC2)no1)NOC1CCC1. The first-order valence-corrected chi connectivity index (χ1v) is 6.21. The summed E-state index contributed by atoms with van der Waals surface area (Å²) in [6.07, 6.45) is 6.03. The van der Waals surface area contributed by atoms with Crippen LogP contribution in [0, 0.1) is 0 Å². The molecule has 0 atom stereocenters. The van der Waals surface area contributed by atoms with Gasteiger partial charge in [-0.1, -0.05) is 5.16 Å². The third-order valence-electron chi connectivity index (χ3n) is 3.30. The first-order chi connectivity index (χ1) is 8.31. The molecule has 2 aliphatic carbocycles. The summed E-state index contributed by atoms with van der Waals surface area (Å²) < 4.78 is 5.12. The van der Waals surface area contributed by atoms with E-state index in [0.717, 1.165) is 18.5 Å². The van der Waals surface area contributed by atoms with Crippen LogP contribution in [0.15, 0.2) is 10.6 Å². The third kappa shape index (κ3) is 2.66. The number of aromatic nitrogens is 1. The van der Waals surface area contributed by atoms with Gasteiger partial charge in [0.05, 0.1) is 18.2 Å². The highest BCUT2D eigenvalue weighted by molar-refractivity contribution is 5.76. The minimum Gasteiger partial charge on any atom is -0.361 e. The Morgan fingerprint density at radius 3 is 2.94 bits per heavy atom. The maximum atomic E-state index is 11.5. The molecule has 2 aliphatic rings. The molecule has 0 aromatic carbocycles. The van der Waals surface area contributed by atoms with Crippen molar-refractivity contribution >= 4 is 5.91 Å². The van der Waals surface area contributed by atoms with E-state index in [-0.39, 0.29) is 18.4 Å². The van der Waals surface area contributed by atoms with Crippen LogP contribution in [0.4, 0.5) is 0 Å². The van der Waals surface area contributed by atoms with E-state index in [1.807, 2.05) is 6.07 Å². The fourth-order valence-electron chi connectivity index (χ4n) is 1.82.